The molecular weight excluding hydrogens is 299 g/mol. The first kappa shape index (κ1) is 15.7. The summed E-state index contributed by atoms with van der Waals surface area (Å²) >= 11 is 0. The van der Waals surface area contributed by atoms with Crippen molar-refractivity contribution in [1.29, 1.82) is 0 Å². The van der Waals surface area contributed by atoms with Crippen LogP contribution in [0.3, 0.4) is 0 Å². The van der Waals surface area contributed by atoms with Crippen molar-refractivity contribution in [2.75, 3.05) is 0 Å². The standard InChI is InChI=1S/C15H11F3NO3/c16-15(17,18)22-14(21)12-6-8-19(9-7-12)10-13(20)11-4-2-1-3-5-11/h1-9H,10H2/q+1. The zero-order valence-electron chi connectivity index (χ0n) is 11.2. The number of halogens is 3. The number of alkyl halides is 3. The largest absolute Gasteiger partial charge is 0.575 e. The summed E-state index contributed by atoms with van der Waals surface area (Å²) in [5.41, 5.74) is 0.274. The highest BCUT2D eigenvalue weighted by atomic mass is 19.4. The van der Waals surface area contributed by atoms with Crippen molar-refractivity contribution in [3.8, 4) is 0 Å². The van der Waals surface area contributed by atoms with Crippen molar-refractivity contribution < 1.29 is 32.1 Å². The molecule has 2 aromatic rings. The average Bonchev–Trinajstić information content (AvgIpc) is 2.47. The second-order valence-electron chi connectivity index (χ2n) is 4.38. The highest BCUT2D eigenvalue weighted by Gasteiger charge is 2.34. The number of hydrogen-bond donors (Lipinski definition) is 0. The molecule has 0 amide bonds. The van der Waals surface area contributed by atoms with Gasteiger partial charge in [0, 0.05) is 17.7 Å². The van der Waals surface area contributed by atoms with Crippen LogP contribution in [0.25, 0.3) is 0 Å². The van der Waals surface area contributed by atoms with E-state index in [9.17, 15) is 22.8 Å². The second kappa shape index (κ2) is 6.38. The van der Waals surface area contributed by atoms with Crippen LogP contribution in [0.2, 0.25) is 0 Å². The predicted octanol–water partition coefficient (Wildman–Crippen LogP) is 2.53. The first-order chi connectivity index (χ1) is 10.3. The number of ether oxygens (including phenoxy) is 1. The molecule has 0 aliphatic carbocycles. The topological polar surface area (TPSA) is 47.2 Å². The summed E-state index contributed by atoms with van der Waals surface area (Å²) in [6.07, 6.45) is -2.34. The number of rotatable bonds is 4. The minimum absolute atomic E-state index is 0.0125. The third-order valence-electron chi connectivity index (χ3n) is 2.76. The van der Waals surface area contributed by atoms with Gasteiger partial charge in [-0.1, -0.05) is 30.3 Å². The van der Waals surface area contributed by atoms with Gasteiger partial charge >= 0.3 is 12.3 Å². The molecule has 1 aromatic heterocycles. The highest BCUT2D eigenvalue weighted by Crippen LogP contribution is 2.18. The maximum Gasteiger partial charge on any atom is 0.575 e. The molecule has 2 rings (SSSR count). The molecule has 0 fully saturated rings. The number of carbonyl (C=O) groups is 2. The lowest BCUT2D eigenvalue weighted by Crippen LogP contribution is -2.37. The summed E-state index contributed by atoms with van der Waals surface area (Å²) in [5.74, 6) is -1.65. The van der Waals surface area contributed by atoms with Gasteiger partial charge in [0.25, 0.3) is 0 Å². The first-order valence-corrected chi connectivity index (χ1v) is 6.22. The fourth-order valence-corrected chi connectivity index (χ4v) is 1.74. The first-order valence-electron chi connectivity index (χ1n) is 6.22. The van der Waals surface area contributed by atoms with Crippen LogP contribution in [0.5, 0.6) is 0 Å². The van der Waals surface area contributed by atoms with Crippen LogP contribution in [-0.4, -0.2) is 18.1 Å². The van der Waals surface area contributed by atoms with Crippen LogP contribution >= 0.6 is 0 Å². The fraction of sp³-hybridized carbons (Fsp3) is 0.133. The molecule has 0 saturated heterocycles. The van der Waals surface area contributed by atoms with Crippen LogP contribution < -0.4 is 4.57 Å². The molecule has 0 N–H and O–H groups in total. The lowest BCUT2D eigenvalue weighted by atomic mass is 10.1. The Balaban J connectivity index is 2.03. The maximum absolute atomic E-state index is 12.0. The molecule has 114 valence electrons. The minimum atomic E-state index is -5.02. The second-order valence-corrected chi connectivity index (χ2v) is 4.38. The van der Waals surface area contributed by atoms with E-state index in [1.165, 1.54) is 17.0 Å². The summed E-state index contributed by atoms with van der Waals surface area (Å²) in [6, 6.07) is 10.9. The van der Waals surface area contributed by atoms with E-state index >= 15 is 0 Å². The summed E-state index contributed by atoms with van der Waals surface area (Å²) < 4.78 is 40.6. The van der Waals surface area contributed by atoms with Crippen molar-refractivity contribution in [2.24, 2.45) is 0 Å². The van der Waals surface area contributed by atoms with Gasteiger partial charge in [-0.3, -0.25) is 4.79 Å². The van der Waals surface area contributed by atoms with Gasteiger partial charge in [0.1, 0.15) is 0 Å². The molecule has 22 heavy (non-hydrogen) atoms. The van der Waals surface area contributed by atoms with E-state index in [2.05, 4.69) is 4.74 Å². The molecule has 0 spiro atoms. The summed E-state index contributed by atoms with van der Waals surface area (Å²) in [7, 11) is 0. The number of aromatic nitrogens is 1. The number of nitrogens with zero attached hydrogens (tertiary/aromatic N) is 1. The van der Waals surface area contributed by atoms with Gasteiger partial charge in [0.15, 0.2) is 12.4 Å². The van der Waals surface area contributed by atoms with E-state index < -0.39 is 12.3 Å². The molecule has 0 aliphatic heterocycles. The van der Waals surface area contributed by atoms with E-state index in [1.54, 1.807) is 30.3 Å². The summed E-state index contributed by atoms with van der Waals surface area (Å²) in [4.78, 5) is 23.2. The van der Waals surface area contributed by atoms with Crippen molar-refractivity contribution in [1.82, 2.24) is 0 Å². The lowest BCUT2D eigenvalue weighted by Gasteiger charge is -2.06. The third kappa shape index (κ3) is 4.41. The number of carbonyl (C=O) groups excluding carboxylic acids is 2. The molecule has 0 atom stereocenters. The molecule has 1 aromatic carbocycles. The predicted molar refractivity (Wildman–Crippen MR) is 68.9 cm³/mol. The summed E-state index contributed by atoms with van der Waals surface area (Å²) in [6.45, 7) is 0.0125. The van der Waals surface area contributed by atoms with Crippen molar-refractivity contribution in [3.63, 3.8) is 0 Å². The Bertz CT molecular complexity index is 667. The van der Waals surface area contributed by atoms with Crippen molar-refractivity contribution >= 4 is 11.8 Å². The SMILES string of the molecule is O=C(C[n+]1ccc(C(=O)OC(F)(F)F)cc1)c1ccccc1. The molecule has 0 aliphatic rings. The Morgan fingerprint density at radius 1 is 0.955 bits per heavy atom. The average molecular weight is 310 g/mol. The fourth-order valence-electron chi connectivity index (χ4n) is 1.74. The quantitative estimate of drug-likeness (QED) is 0.495. The number of ketones is 1. The third-order valence-corrected chi connectivity index (χ3v) is 2.76. The monoisotopic (exact) mass is 310 g/mol. The maximum atomic E-state index is 12.0. The van der Waals surface area contributed by atoms with Crippen LogP contribution in [0.15, 0.2) is 54.9 Å². The van der Waals surface area contributed by atoms with Crippen LogP contribution in [0, 0.1) is 0 Å². The molecule has 0 bridgehead atoms. The van der Waals surface area contributed by atoms with Crippen molar-refractivity contribution in [2.45, 2.75) is 12.9 Å². The number of pyridine rings is 1. The molecule has 1 heterocycles. The van der Waals surface area contributed by atoms with Gasteiger partial charge in [0.2, 0.25) is 12.3 Å². The highest BCUT2D eigenvalue weighted by molar-refractivity contribution is 5.95. The van der Waals surface area contributed by atoms with Gasteiger partial charge in [-0.25, -0.2) is 4.79 Å². The van der Waals surface area contributed by atoms with Crippen LogP contribution in [-0.2, 0) is 11.3 Å². The Kier molecular flexibility index (Phi) is 4.55. The molecule has 0 radical (unpaired) electrons. The van der Waals surface area contributed by atoms with E-state index in [1.807, 2.05) is 0 Å². The molecule has 0 saturated carbocycles. The van der Waals surface area contributed by atoms with Gasteiger partial charge in [-0.2, -0.15) is 4.57 Å². The molecule has 4 nitrogen and oxygen atoms in total. The number of hydrogen-bond acceptors (Lipinski definition) is 3. The van der Waals surface area contributed by atoms with Gasteiger partial charge < -0.3 is 4.74 Å². The molecule has 7 heteroatoms. The Morgan fingerprint density at radius 3 is 2.09 bits per heavy atom. The van der Waals surface area contributed by atoms with E-state index in [0.29, 0.717) is 5.56 Å². The molecular formula is C15H11F3NO3+. The van der Waals surface area contributed by atoms with E-state index in [0.717, 1.165) is 12.1 Å². The van der Waals surface area contributed by atoms with Crippen LogP contribution in [0.1, 0.15) is 20.7 Å². The number of esters is 1. The van der Waals surface area contributed by atoms with E-state index in [4.69, 9.17) is 0 Å². The van der Waals surface area contributed by atoms with E-state index in [-0.39, 0.29) is 17.9 Å². The van der Waals surface area contributed by atoms with Gasteiger partial charge in [-0.05, 0) is 0 Å². The normalized spacial score (nSPS) is 11.0. The zero-order chi connectivity index (χ0) is 16.2. The lowest BCUT2D eigenvalue weighted by molar-refractivity contribution is -0.683. The Hall–Kier alpha value is -2.70. The Labute approximate surface area is 123 Å². The Morgan fingerprint density at radius 2 is 1.55 bits per heavy atom. The van der Waals surface area contributed by atoms with Gasteiger partial charge in [0.05, 0.1) is 5.56 Å². The minimum Gasteiger partial charge on any atom is -0.369 e. The number of benzene rings is 1. The smallest absolute Gasteiger partial charge is 0.369 e. The zero-order valence-corrected chi connectivity index (χ0v) is 11.2. The van der Waals surface area contributed by atoms with Crippen LogP contribution in [0.4, 0.5) is 13.2 Å². The number of Topliss-reactive ketones (excluding diaryl/α,β-unsaturated/α-hetero) is 1. The molecule has 0 unspecified atom stereocenters. The van der Waals surface area contributed by atoms with Gasteiger partial charge in [-0.15, -0.1) is 13.2 Å². The summed E-state index contributed by atoms with van der Waals surface area (Å²) in [5, 5.41) is 0. The van der Waals surface area contributed by atoms with Crippen molar-refractivity contribution in [3.05, 3.63) is 66.0 Å².